The molecule has 0 spiro atoms. The van der Waals surface area contributed by atoms with E-state index in [0.29, 0.717) is 6.54 Å². The number of thioether (sulfide) groups is 1. The van der Waals surface area contributed by atoms with Gasteiger partial charge in [-0.1, -0.05) is 6.92 Å². The van der Waals surface area contributed by atoms with E-state index in [-0.39, 0.29) is 5.92 Å². The van der Waals surface area contributed by atoms with Crippen molar-refractivity contribution in [1.29, 1.82) is 0 Å². The number of carbonyl (C=O) groups is 3. The molecule has 8 heteroatoms. The lowest BCUT2D eigenvalue weighted by atomic mass is 10.2. The summed E-state index contributed by atoms with van der Waals surface area (Å²) in [6.07, 6.45) is 1.30. The molecule has 0 aliphatic carbocycles. The maximum atomic E-state index is 11.4. The molecule has 2 amide bonds. The molecule has 0 heterocycles. The number of amides is 2. The summed E-state index contributed by atoms with van der Waals surface area (Å²) >= 11 is 1.65. The van der Waals surface area contributed by atoms with Gasteiger partial charge in [-0.05, 0) is 17.9 Å². The molecule has 0 aliphatic heterocycles. The Kier molecular flexibility index (Phi) is 7.93. The van der Waals surface area contributed by atoms with E-state index >= 15 is 0 Å². The van der Waals surface area contributed by atoms with Crippen LogP contribution in [0.15, 0.2) is 0 Å². The van der Waals surface area contributed by atoms with E-state index in [9.17, 15) is 14.4 Å². The van der Waals surface area contributed by atoms with Crippen LogP contribution in [0.1, 0.15) is 13.3 Å². The summed E-state index contributed by atoms with van der Waals surface area (Å²) in [6, 6.07) is -2.09. The van der Waals surface area contributed by atoms with Crippen LogP contribution >= 0.6 is 11.8 Å². The quantitative estimate of drug-likeness (QED) is 0.504. The van der Waals surface area contributed by atoms with E-state index in [1.165, 1.54) is 0 Å². The molecular weight excluding hydrogens is 260 g/mol. The summed E-state index contributed by atoms with van der Waals surface area (Å²) < 4.78 is 0. The van der Waals surface area contributed by atoms with Gasteiger partial charge in [-0.2, -0.15) is 11.8 Å². The number of hydrogen-bond acceptors (Lipinski definition) is 4. The minimum Gasteiger partial charge on any atom is -0.481 e. The van der Waals surface area contributed by atoms with Crippen molar-refractivity contribution in [2.24, 2.45) is 5.92 Å². The molecule has 2 atom stereocenters. The molecule has 0 radical (unpaired) electrons. The molecule has 0 fully saturated rings. The van der Waals surface area contributed by atoms with Crippen LogP contribution in [0.4, 0.5) is 4.79 Å². The second-order valence-corrected chi connectivity index (χ2v) is 4.81. The van der Waals surface area contributed by atoms with Crippen LogP contribution in [0.2, 0.25) is 0 Å². The number of carbonyl (C=O) groups excluding carboxylic acids is 1. The van der Waals surface area contributed by atoms with Gasteiger partial charge in [0, 0.05) is 6.54 Å². The highest BCUT2D eigenvalue weighted by molar-refractivity contribution is 7.98. The van der Waals surface area contributed by atoms with Gasteiger partial charge in [-0.25, -0.2) is 9.59 Å². The summed E-state index contributed by atoms with van der Waals surface area (Å²) in [4.78, 5) is 32.5. The van der Waals surface area contributed by atoms with E-state index in [1.54, 1.807) is 11.8 Å². The molecular formula is C10H18N2O5S. The predicted octanol–water partition coefficient (Wildman–Crippen LogP) is 0.213. The largest absolute Gasteiger partial charge is 0.481 e. The third kappa shape index (κ3) is 7.77. The zero-order chi connectivity index (χ0) is 14.1. The number of urea groups is 1. The van der Waals surface area contributed by atoms with Gasteiger partial charge in [0.2, 0.25) is 0 Å². The topological polar surface area (TPSA) is 116 Å². The first-order chi connectivity index (χ1) is 8.36. The van der Waals surface area contributed by atoms with Crippen molar-refractivity contribution in [3.05, 3.63) is 0 Å². The number of carboxylic acid groups (broad SMARTS) is 2. The number of rotatable bonds is 8. The summed E-state index contributed by atoms with van der Waals surface area (Å²) in [5, 5.41) is 21.8. The lowest BCUT2D eigenvalue weighted by Crippen LogP contribution is -2.47. The van der Waals surface area contributed by atoms with Crippen LogP contribution in [0.25, 0.3) is 0 Å². The smallest absolute Gasteiger partial charge is 0.326 e. The molecule has 0 aliphatic rings. The van der Waals surface area contributed by atoms with Gasteiger partial charge in [0.1, 0.15) is 6.04 Å². The van der Waals surface area contributed by atoms with Crippen LogP contribution in [0.3, 0.4) is 0 Å². The van der Waals surface area contributed by atoms with Gasteiger partial charge in [-0.15, -0.1) is 0 Å². The molecule has 0 aromatic rings. The number of carboxylic acids is 2. The molecule has 0 aromatic heterocycles. The number of hydrogen-bond donors (Lipinski definition) is 4. The number of aliphatic carboxylic acids is 2. The summed E-state index contributed by atoms with van der Waals surface area (Å²) in [5.74, 6) is -1.52. The van der Waals surface area contributed by atoms with Crippen molar-refractivity contribution in [3.63, 3.8) is 0 Å². The van der Waals surface area contributed by atoms with Crippen LogP contribution in [0, 0.1) is 5.92 Å². The Bertz CT molecular complexity index is 311. The Morgan fingerprint density at radius 2 is 1.89 bits per heavy atom. The molecule has 18 heavy (non-hydrogen) atoms. The van der Waals surface area contributed by atoms with Crippen LogP contribution in [-0.4, -0.2) is 52.8 Å². The third-order valence-electron chi connectivity index (χ3n) is 2.04. The van der Waals surface area contributed by atoms with Gasteiger partial charge in [0.05, 0.1) is 6.42 Å². The second kappa shape index (κ2) is 8.62. The lowest BCUT2D eigenvalue weighted by molar-refractivity contribution is -0.145. The molecule has 0 saturated carbocycles. The van der Waals surface area contributed by atoms with E-state index in [1.807, 2.05) is 13.2 Å². The van der Waals surface area contributed by atoms with Gasteiger partial charge < -0.3 is 20.8 Å². The van der Waals surface area contributed by atoms with Gasteiger partial charge in [0.15, 0.2) is 0 Å². The SMILES string of the molecule is CSCC(C)CNC(=O)N[C@@H](CC(=O)O)C(=O)O. The van der Waals surface area contributed by atoms with Crippen molar-refractivity contribution in [2.75, 3.05) is 18.6 Å². The minimum atomic E-state index is -1.42. The van der Waals surface area contributed by atoms with E-state index in [0.717, 1.165) is 5.75 Å². The Hall–Kier alpha value is -1.44. The number of nitrogens with one attached hydrogen (secondary N) is 2. The van der Waals surface area contributed by atoms with Crippen molar-refractivity contribution in [3.8, 4) is 0 Å². The zero-order valence-electron chi connectivity index (χ0n) is 10.3. The van der Waals surface area contributed by atoms with E-state index < -0.39 is 30.4 Å². The van der Waals surface area contributed by atoms with Gasteiger partial charge >= 0.3 is 18.0 Å². The standard InChI is InChI=1S/C10H18N2O5S/c1-6(5-18-2)4-11-10(17)12-7(9(15)16)3-8(13)14/h6-7H,3-5H2,1-2H3,(H,13,14)(H,15,16)(H2,11,12,17)/t6?,7-/m0/s1. The first-order valence-electron chi connectivity index (χ1n) is 5.34. The average Bonchev–Trinajstić information content (AvgIpc) is 2.25. The predicted molar refractivity (Wildman–Crippen MR) is 67.8 cm³/mol. The first-order valence-corrected chi connectivity index (χ1v) is 6.74. The maximum absolute atomic E-state index is 11.4. The second-order valence-electron chi connectivity index (χ2n) is 3.90. The van der Waals surface area contributed by atoms with Crippen molar-refractivity contribution in [1.82, 2.24) is 10.6 Å². The summed E-state index contributed by atoms with van der Waals surface area (Å²) in [7, 11) is 0. The molecule has 104 valence electrons. The Morgan fingerprint density at radius 1 is 1.28 bits per heavy atom. The van der Waals surface area contributed by atoms with Crippen LogP contribution < -0.4 is 10.6 Å². The fraction of sp³-hybridized carbons (Fsp3) is 0.700. The highest BCUT2D eigenvalue weighted by atomic mass is 32.2. The molecule has 7 nitrogen and oxygen atoms in total. The zero-order valence-corrected chi connectivity index (χ0v) is 11.1. The molecule has 0 bridgehead atoms. The third-order valence-corrected chi connectivity index (χ3v) is 2.95. The lowest BCUT2D eigenvalue weighted by Gasteiger charge is -2.15. The van der Waals surface area contributed by atoms with Gasteiger partial charge in [-0.3, -0.25) is 4.79 Å². The van der Waals surface area contributed by atoms with Gasteiger partial charge in [0.25, 0.3) is 0 Å². The average molecular weight is 278 g/mol. The summed E-state index contributed by atoms with van der Waals surface area (Å²) in [5.41, 5.74) is 0. The van der Waals surface area contributed by atoms with Crippen molar-refractivity contribution >= 4 is 29.7 Å². The van der Waals surface area contributed by atoms with E-state index in [4.69, 9.17) is 10.2 Å². The normalized spacial score (nSPS) is 13.4. The van der Waals surface area contributed by atoms with Crippen LogP contribution in [-0.2, 0) is 9.59 Å². The van der Waals surface area contributed by atoms with Crippen molar-refractivity contribution in [2.45, 2.75) is 19.4 Å². The molecule has 0 saturated heterocycles. The highest BCUT2D eigenvalue weighted by Gasteiger charge is 2.22. The molecule has 0 rings (SSSR count). The molecule has 1 unspecified atom stereocenters. The molecule has 0 aromatic carbocycles. The van der Waals surface area contributed by atoms with Crippen LogP contribution in [0.5, 0.6) is 0 Å². The Morgan fingerprint density at radius 3 is 2.33 bits per heavy atom. The maximum Gasteiger partial charge on any atom is 0.326 e. The minimum absolute atomic E-state index is 0.258. The Balaban J connectivity index is 4.10. The molecule has 4 N–H and O–H groups in total. The van der Waals surface area contributed by atoms with E-state index in [2.05, 4.69) is 10.6 Å². The fourth-order valence-corrected chi connectivity index (χ4v) is 1.88. The van der Waals surface area contributed by atoms with Crippen molar-refractivity contribution < 1.29 is 24.6 Å². The Labute approximate surface area is 109 Å². The first kappa shape index (κ1) is 16.6. The highest BCUT2D eigenvalue weighted by Crippen LogP contribution is 2.02. The monoisotopic (exact) mass is 278 g/mol. The fourth-order valence-electron chi connectivity index (χ4n) is 1.19. The summed E-state index contributed by atoms with van der Waals surface area (Å²) in [6.45, 7) is 2.36.